The first-order valence-corrected chi connectivity index (χ1v) is 17.3. The molecule has 0 spiro atoms. The van der Waals surface area contributed by atoms with Gasteiger partial charge in [0.1, 0.15) is 18.4 Å². The van der Waals surface area contributed by atoms with E-state index in [0.717, 1.165) is 22.0 Å². The Morgan fingerprint density at radius 3 is 2.39 bits per heavy atom. The van der Waals surface area contributed by atoms with Gasteiger partial charge in [-0.1, -0.05) is 60.7 Å². The van der Waals surface area contributed by atoms with E-state index in [1.54, 1.807) is 17.0 Å². The van der Waals surface area contributed by atoms with Crippen LogP contribution in [0.15, 0.2) is 84.9 Å². The number of anilines is 1. The fourth-order valence-corrected chi connectivity index (χ4v) is 7.27. The van der Waals surface area contributed by atoms with Gasteiger partial charge >= 0.3 is 5.97 Å². The molecule has 1 saturated carbocycles. The molecule has 2 heterocycles. The summed E-state index contributed by atoms with van der Waals surface area (Å²) in [4.78, 5) is 45.6. The molecule has 0 bridgehead atoms. The minimum Gasteiger partial charge on any atom is -0.461 e. The summed E-state index contributed by atoms with van der Waals surface area (Å²) in [7, 11) is 0. The van der Waals surface area contributed by atoms with Gasteiger partial charge in [0.25, 0.3) is 0 Å². The Kier molecular flexibility index (Phi) is 11.4. The van der Waals surface area contributed by atoms with Crippen LogP contribution in [0.3, 0.4) is 0 Å². The van der Waals surface area contributed by atoms with E-state index >= 15 is 0 Å². The molecule has 3 aromatic carbocycles. The number of halogens is 1. The largest absolute Gasteiger partial charge is 0.461 e. The van der Waals surface area contributed by atoms with Crippen LogP contribution >= 0.6 is 0 Å². The van der Waals surface area contributed by atoms with Gasteiger partial charge in [0.15, 0.2) is 0 Å². The van der Waals surface area contributed by atoms with E-state index in [9.17, 15) is 18.8 Å². The van der Waals surface area contributed by atoms with Gasteiger partial charge < -0.3 is 30.4 Å². The number of alkyl halides is 1. The number of esters is 1. The fourth-order valence-electron chi connectivity index (χ4n) is 7.27. The number of carbonyl (C=O) groups excluding carboxylic acids is 3. The first-order valence-electron chi connectivity index (χ1n) is 17.3. The van der Waals surface area contributed by atoms with Gasteiger partial charge in [0.05, 0.1) is 19.8 Å². The van der Waals surface area contributed by atoms with Crippen molar-refractivity contribution in [3.63, 3.8) is 0 Å². The molecular weight excluding hydrogens is 623 g/mol. The number of benzene rings is 3. The number of aromatic nitrogens is 1. The average Bonchev–Trinajstić information content (AvgIpc) is 3.78. The van der Waals surface area contributed by atoms with E-state index in [1.165, 1.54) is 0 Å². The number of ether oxygens (including phenoxy) is 2. The summed E-state index contributed by atoms with van der Waals surface area (Å²) in [5, 5.41) is 3.81. The highest BCUT2D eigenvalue weighted by Gasteiger charge is 2.44. The maximum Gasteiger partial charge on any atom is 0.354 e. The van der Waals surface area contributed by atoms with Crippen molar-refractivity contribution in [3.05, 3.63) is 102 Å². The first kappa shape index (κ1) is 34.3. The number of nitrogens with two attached hydrogens (primary N) is 1. The molecule has 0 radical (unpaired) electrons. The molecule has 9 nitrogen and oxygen atoms in total. The van der Waals surface area contributed by atoms with Crippen molar-refractivity contribution in [1.29, 1.82) is 0 Å². The summed E-state index contributed by atoms with van der Waals surface area (Å²) in [5.41, 5.74) is 9.69. The number of H-pyrrole nitrogens is 1. The third-order valence-corrected chi connectivity index (χ3v) is 9.97. The Morgan fingerprint density at radius 2 is 1.65 bits per heavy atom. The molecule has 1 aliphatic heterocycles. The number of nitrogens with zero attached hydrogens (tertiary/aromatic N) is 1. The average molecular weight is 669 g/mol. The lowest BCUT2D eigenvalue weighted by Gasteiger charge is -2.35. The molecule has 2 amide bonds. The normalized spacial score (nSPS) is 21.4. The van der Waals surface area contributed by atoms with Crippen LogP contribution in [0.2, 0.25) is 0 Å². The lowest BCUT2D eigenvalue weighted by atomic mass is 9.78. The van der Waals surface area contributed by atoms with Crippen LogP contribution in [-0.2, 0) is 25.7 Å². The van der Waals surface area contributed by atoms with Gasteiger partial charge in [-0.25, -0.2) is 9.18 Å². The molecule has 2 aliphatic rings. The second-order valence-electron chi connectivity index (χ2n) is 13.2. The number of aromatic amines is 1. The summed E-state index contributed by atoms with van der Waals surface area (Å²) in [5.74, 6) is -1.00. The molecule has 1 saturated heterocycles. The van der Waals surface area contributed by atoms with E-state index in [-0.39, 0.29) is 36.2 Å². The van der Waals surface area contributed by atoms with Gasteiger partial charge in [-0.2, -0.15) is 0 Å². The predicted octanol–water partition coefficient (Wildman–Crippen LogP) is 6.36. The summed E-state index contributed by atoms with van der Waals surface area (Å²) in [6, 6.07) is 25.7. The zero-order valence-electron chi connectivity index (χ0n) is 27.7. The third kappa shape index (κ3) is 8.37. The quantitative estimate of drug-likeness (QED) is 0.113. The van der Waals surface area contributed by atoms with Crippen molar-refractivity contribution in [3.8, 4) is 0 Å². The van der Waals surface area contributed by atoms with E-state index in [1.807, 2.05) is 72.8 Å². The smallest absolute Gasteiger partial charge is 0.354 e. The SMILES string of the molecule is N[C@H](CF)[C@H]1CC[C@H](C(=O)N2CC[C@H](c3ccccc3)[C@H]2C(=O)Nc2ccc3[nH]c(C(=O)OCCCOCc4ccccc4)cc3c2)CC1. The Balaban J connectivity index is 1.08. The Labute approximate surface area is 286 Å². The van der Waals surface area contributed by atoms with Crippen LogP contribution in [0.4, 0.5) is 10.1 Å². The molecule has 3 atom stereocenters. The van der Waals surface area contributed by atoms with Crippen molar-refractivity contribution in [2.45, 2.75) is 63.1 Å². The highest BCUT2D eigenvalue weighted by molar-refractivity contribution is 6.01. The molecule has 1 aromatic heterocycles. The Bertz CT molecular complexity index is 1710. The van der Waals surface area contributed by atoms with Crippen LogP contribution < -0.4 is 11.1 Å². The maximum absolute atomic E-state index is 14.0. The monoisotopic (exact) mass is 668 g/mol. The van der Waals surface area contributed by atoms with Crippen molar-refractivity contribution in [2.24, 2.45) is 17.6 Å². The predicted molar refractivity (Wildman–Crippen MR) is 187 cm³/mol. The second kappa shape index (κ2) is 16.2. The molecule has 1 aliphatic carbocycles. The van der Waals surface area contributed by atoms with Crippen LogP contribution in [0.1, 0.15) is 66.1 Å². The number of rotatable bonds is 13. The van der Waals surface area contributed by atoms with Gasteiger partial charge in [0.2, 0.25) is 11.8 Å². The van der Waals surface area contributed by atoms with Crippen molar-refractivity contribution >= 4 is 34.4 Å². The summed E-state index contributed by atoms with van der Waals surface area (Å²) >= 11 is 0. The number of fused-ring (bicyclic) bond motifs is 1. The number of nitrogens with one attached hydrogen (secondary N) is 2. The zero-order valence-corrected chi connectivity index (χ0v) is 27.7. The van der Waals surface area contributed by atoms with Crippen LogP contribution in [0, 0.1) is 11.8 Å². The van der Waals surface area contributed by atoms with Crippen LogP contribution in [-0.4, -0.2) is 66.2 Å². The van der Waals surface area contributed by atoms with E-state index in [2.05, 4.69) is 10.3 Å². The van der Waals surface area contributed by atoms with Crippen molar-refractivity contribution in [2.75, 3.05) is 31.7 Å². The molecule has 2 fully saturated rings. The standard InChI is InChI=1S/C39H45FN4O5/c40-24-33(41)28-12-14-29(15-13-28)38(46)44-19-18-32(27-10-5-2-6-11-27)36(44)37(45)42-31-16-17-34-30(22-31)23-35(43-34)39(47)49-21-7-20-48-25-26-8-3-1-4-9-26/h1-6,8-11,16-17,22-23,28-29,32-33,36,43H,7,12-15,18-21,24-25,41H2,(H,42,45)/t28-,29-,32-,33-,36+/m1/s1. The number of carbonyl (C=O) groups is 3. The minimum absolute atomic E-state index is 0.0159. The lowest BCUT2D eigenvalue weighted by molar-refractivity contribution is -0.141. The number of hydrogen-bond acceptors (Lipinski definition) is 6. The van der Waals surface area contributed by atoms with Gasteiger partial charge in [-0.3, -0.25) is 9.59 Å². The molecule has 6 rings (SSSR count). The van der Waals surface area contributed by atoms with E-state index < -0.39 is 24.7 Å². The number of amides is 2. The molecule has 258 valence electrons. The van der Waals surface area contributed by atoms with Gasteiger partial charge in [0, 0.05) is 47.4 Å². The minimum atomic E-state index is -0.676. The number of likely N-dealkylation sites (tertiary alicyclic amines) is 1. The first-order chi connectivity index (χ1) is 23.9. The second-order valence-corrected chi connectivity index (χ2v) is 13.2. The van der Waals surface area contributed by atoms with Crippen molar-refractivity contribution < 1.29 is 28.2 Å². The third-order valence-electron chi connectivity index (χ3n) is 9.97. The highest BCUT2D eigenvalue weighted by Crippen LogP contribution is 2.38. The Morgan fingerprint density at radius 1 is 0.918 bits per heavy atom. The number of hydrogen-bond donors (Lipinski definition) is 3. The molecule has 10 heteroatoms. The lowest BCUT2D eigenvalue weighted by Crippen LogP contribution is -2.48. The summed E-state index contributed by atoms with van der Waals surface area (Å²) < 4.78 is 24.3. The highest BCUT2D eigenvalue weighted by atomic mass is 19.1. The van der Waals surface area contributed by atoms with E-state index in [4.69, 9.17) is 15.2 Å². The van der Waals surface area contributed by atoms with Crippen molar-refractivity contribution in [1.82, 2.24) is 9.88 Å². The molecule has 49 heavy (non-hydrogen) atoms. The van der Waals surface area contributed by atoms with Crippen LogP contribution in [0.5, 0.6) is 0 Å². The van der Waals surface area contributed by atoms with Gasteiger partial charge in [-0.15, -0.1) is 0 Å². The molecule has 0 unspecified atom stereocenters. The molecular formula is C39H45FN4O5. The zero-order chi connectivity index (χ0) is 34.2. The topological polar surface area (TPSA) is 127 Å². The van der Waals surface area contributed by atoms with Crippen LogP contribution in [0.25, 0.3) is 10.9 Å². The van der Waals surface area contributed by atoms with E-state index in [0.29, 0.717) is 69.7 Å². The Hall–Kier alpha value is -4.54. The molecule has 4 N–H and O–H groups in total. The summed E-state index contributed by atoms with van der Waals surface area (Å²) in [6.45, 7) is 1.15. The summed E-state index contributed by atoms with van der Waals surface area (Å²) in [6.07, 6.45) is 3.98. The maximum atomic E-state index is 14.0. The molecule has 4 aromatic rings. The van der Waals surface area contributed by atoms with Gasteiger partial charge in [-0.05, 0) is 73.4 Å². The fraction of sp³-hybridized carbons (Fsp3) is 0.410.